The Morgan fingerprint density at radius 2 is 1.89 bits per heavy atom. The summed E-state index contributed by atoms with van der Waals surface area (Å²) in [6.45, 7) is 1.13. The second kappa shape index (κ2) is 9.82. The van der Waals surface area contributed by atoms with Crippen LogP contribution in [-0.4, -0.2) is 23.4 Å². The second-order valence-corrected chi connectivity index (χ2v) is 7.90. The van der Waals surface area contributed by atoms with Gasteiger partial charge >= 0.3 is 0 Å². The molecule has 8 heteroatoms. The number of halogens is 1. The number of benzene rings is 2. The fraction of sp³-hybridized carbons (Fsp3) is 0.200. The van der Waals surface area contributed by atoms with Crippen molar-refractivity contribution in [3.63, 3.8) is 0 Å². The van der Waals surface area contributed by atoms with Crippen LogP contribution in [0.15, 0.2) is 58.9 Å². The maximum atomic E-state index is 6.08. The van der Waals surface area contributed by atoms with E-state index in [1.807, 2.05) is 24.3 Å². The molecule has 3 aromatic rings. The van der Waals surface area contributed by atoms with Crippen molar-refractivity contribution < 1.29 is 9.47 Å². The molecule has 0 bridgehead atoms. The zero-order valence-corrected chi connectivity index (χ0v) is 17.5. The predicted octanol–water partition coefficient (Wildman–Crippen LogP) is 4.81. The number of fused-ring (bicyclic) bond motifs is 1. The van der Waals surface area contributed by atoms with Crippen molar-refractivity contribution in [1.82, 2.24) is 4.98 Å². The van der Waals surface area contributed by atoms with Gasteiger partial charge in [0.25, 0.3) is 0 Å². The molecule has 0 unspecified atom stereocenters. The van der Waals surface area contributed by atoms with Crippen molar-refractivity contribution in [1.29, 1.82) is 0 Å². The average molecular weight is 434 g/mol. The molecule has 4 rings (SSSR count). The molecular formula is C20H20ClN3O2S2. The third-order valence-electron chi connectivity index (χ3n) is 3.93. The fourth-order valence-electron chi connectivity index (χ4n) is 2.68. The fourth-order valence-corrected chi connectivity index (χ4v) is 4.22. The van der Waals surface area contributed by atoms with Crippen LogP contribution in [0, 0.1) is 0 Å². The van der Waals surface area contributed by atoms with E-state index >= 15 is 0 Å². The lowest BCUT2D eigenvalue weighted by Crippen LogP contribution is -2.15. The average Bonchev–Trinajstić information content (AvgIpc) is 3.14. The molecule has 0 atom stereocenters. The second-order valence-electron chi connectivity index (χ2n) is 5.96. The smallest absolute Gasteiger partial charge is 0.163 e. The van der Waals surface area contributed by atoms with Crippen LogP contribution < -0.4 is 15.2 Å². The lowest BCUT2D eigenvalue weighted by molar-refractivity contribution is 0.171. The van der Waals surface area contributed by atoms with E-state index in [9.17, 15) is 0 Å². The first kappa shape index (κ1) is 20.5. The van der Waals surface area contributed by atoms with Crippen LogP contribution in [0.5, 0.6) is 11.5 Å². The molecule has 2 N–H and O–H groups in total. The summed E-state index contributed by atoms with van der Waals surface area (Å²) in [6, 6.07) is 16.0. The summed E-state index contributed by atoms with van der Waals surface area (Å²) >= 11 is 3.16. The number of nitrogens with two attached hydrogens (primary N) is 1. The van der Waals surface area contributed by atoms with Crippen LogP contribution in [0.1, 0.15) is 16.3 Å². The third-order valence-corrected chi connectivity index (χ3v) is 5.66. The van der Waals surface area contributed by atoms with Crippen molar-refractivity contribution in [2.75, 3.05) is 13.2 Å². The van der Waals surface area contributed by atoms with Crippen molar-refractivity contribution in [2.24, 2.45) is 10.7 Å². The quantitative estimate of drug-likeness (QED) is 0.462. The summed E-state index contributed by atoms with van der Waals surface area (Å²) in [5.41, 5.74) is 9.13. The van der Waals surface area contributed by atoms with Crippen molar-refractivity contribution in [2.45, 2.75) is 12.2 Å². The highest BCUT2D eigenvalue weighted by atomic mass is 35.5. The van der Waals surface area contributed by atoms with E-state index in [0.717, 1.165) is 28.6 Å². The molecule has 1 aliphatic rings. The Morgan fingerprint density at radius 1 is 1.11 bits per heavy atom. The Labute approximate surface area is 178 Å². The Hall–Kier alpha value is -2.22. The molecule has 1 aromatic heterocycles. The summed E-state index contributed by atoms with van der Waals surface area (Å²) < 4.78 is 11.1. The first-order valence-electron chi connectivity index (χ1n) is 8.60. The molecule has 28 heavy (non-hydrogen) atoms. The van der Waals surface area contributed by atoms with E-state index in [2.05, 4.69) is 34.6 Å². The minimum atomic E-state index is 0. The molecule has 0 aliphatic carbocycles. The van der Waals surface area contributed by atoms with E-state index in [1.165, 1.54) is 17.3 Å². The van der Waals surface area contributed by atoms with E-state index < -0.39 is 0 Å². The highest BCUT2D eigenvalue weighted by Crippen LogP contribution is 2.34. The molecule has 2 heterocycles. The van der Waals surface area contributed by atoms with Crippen LogP contribution >= 0.6 is 35.5 Å². The molecule has 0 saturated heterocycles. The Morgan fingerprint density at radius 3 is 2.71 bits per heavy atom. The Bertz CT molecular complexity index is 948. The van der Waals surface area contributed by atoms with Gasteiger partial charge in [0.15, 0.2) is 16.7 Å². The summed E-state index contributed by atoms with van der Waals surface area (Å²) in [5, 5.41) is 3.70. The molecule has 0 radical (unpaired) electrons. The molecule has 1 aliphatic heterocycles. The number of amidine groups is 1. The monoisotopic (exact) mass is 433 g/mol. The number of hydrogen-bond acceptors (Lipinski definition) is 6. The van der Waals surface area contributed by atoms with Gasteiger partial charge in [0.2, 0.25) is 0 Å². The van der Waals surface area contributed by atoms with Gasteiger partial charge in [-0.15, -0.1) is 23.7 Å². The van der Waals surface area contributed by atoms with Crippen LogP contribution in [0.4, 0.5) is 5.69 Å². The standard InChI is InChI=1S/C20H19N3O2S2.ClH/c21-20(23-15-6-7-17-18(11-15)25-9-8-24-17)27-13-16-12-26-19(22-16)10-14-4-2-1-3-5-14;/h1-7,11-12H,8-10,13H2,(H2,21,23);1H. The van der Waals surface area contributed by atoms with Crippen LogP contribution in [0.3, 0.4) is 0 Å². The molecule has 146 valence electrons. The topological polar surface area (TPSA) is 69.7 Å². The molecule has 0 amide bonds. The number of ether oxygens (including phenoxy) is 2. The number of thioether (sulfide) groups is 1. The number of thiazole rings is 1. The summed E-state index contributed by atoms with van der Waals surface area (Å²) in [6.07, 6.45) is 0.858. The summed E-state index contributed by atoms with van der Waals surface area (Å²) in [4.78, 5) is 9.15. The first-order valence-corrected chi connectivity index (χ1v) is 10.5. The number of aromatic nitrogens is 1. The van der Waals surface area contributed by atoms with Gasteiger partial charge in [-0.25, -0.2) is 9.98 Å². The van der Waals surface area contributed by atoms with Gasteiger partial charge < -0.3 is 15.2 Å². The van der Waals surface area contributed by atoms with Crippen molar-refractivity contribution >= 4 is 46.4 Å². The van der Waals surface area contributed by atoms with Gasteiger partial charge in [-0.05, 0) is 17.7 Å². The first-order chi connectivity index (χ1) is 13.3. The zero-order chi connectivity index (χ0) is 18.5. The SMILES string of the molecule is Cl.NC(=Nc1ccc2c(c1)OCCO2)SCc1csc(Cc2ccccc2)n1. The molecule has 0 spiro atoms. The number of rotatable bonds is 5. The van der Waals surface area contributed by atoms with E-state index in [4.69, 9.17) is 20.2 Å². The van der Waals surface area contributed by atoms with Gasteiger partial charge in [0.05, 0.1) is 16.4 Å². The van der Waals surface area contributed by atoms with Gasteiger partial charge in [0.1, 0.15) is 13.2 Å². The molecule has 0 saturated carbocycles. The molecule has 5 nitrogen and oxygen atoms in total. The van der Waals surface area contributed by atoms with Crippen LogP contribution in [0.2, 0.25) is 0 Å². The van der Waals surface area contributed by atoms with E-state index in [0.29, 0.717) is 29.9 Å². The van der Waals surface area contributed by atoms with E-state index in [1.54, 1.807) is 11.3 Å². The summed E-state index contributed by atoms with van der Waals surface area (Å²) in [7, 11) is 0. The maximum absolute atomic E-state index is 6.08. The third kappa shape index (κ3) is 5.41. The van der Waals surface area contributed by atoms with Crippen molar-refractivity contribution in [3.8, 4) is 11.5 Å². The number of aliphatic imine (C=N–C) groups is 1. The molecular weight excluding hydrogens is 414 g/mol. The van der Waals surface area contributed by atoms with Crippen molar-refractivity contribution in [3.05, 3.63) is 70.2 Å². The lowest BCUT2D eigenvalue weighted by atomic mass is 10.2. The zero-order valence-electron chi connectivity index (χ0n) is 15.0. The van der Waals surface area contributed by atoms with Gasteiger partial charge in [-0.3, -0.25) is 0 Å². The Balaban J connectivity index is 0.00000225. The lowest BCUT2D eigenvalue weighted by Gasteiger charge is -2.18. The Kier molecular flexibility index (Phi) is 7.19. The maximum Gasteiger partial charge on any atom is 0.163 e. The van der Waals surface area contributed by atoms with Crippen LogP contribution in [0.25, 0.3) is 0 Å². The molecule has 2 aromatic carbocycles. The van der Waals surface area contributed by atoms with E-state index in [-0.39, 0.29) is 12.4 Å². The highest BCUT2D eigenvalue weighted by molar-refractivity contribution is 8.13. The van der Waals surface area contributed by atoms with Gasteiger partial charge in [-0.2, -0.15) is 0 Å². The van der Waals surface area contributed by atoms with Gasteiger partial charge in [0, 0.05) is 23.6 Å². The number of nitrogens with zero attached hydrogens (tertiary/aromatic N) is 2. The van der Waals surface area contributed by atoms with Gasteiger partial charge in [-0.1, -0.05) is 42.1 Å². The number of hydrogen-bond donors (Lipinski definition) is 1. The normalized spacial score (nSPS) is 13.1. The minimum absolute atomic E-state index is 0. The minimum Gasteiger partial charge on any atom is -0.486 e. The highest BCUT2D eigenvalue weighted by Gasteiger charge is 2.12. The van der Waals surface area contributed by atoms with Crippen LogP contribution in [-0.2, 0) is 12.2 Å². The summed E-state index contributed by atoms with van der Waals surface area (Å²) in [5.74, 6) is 2.16. The largest absolute Gasteiger partial charge is 0.486 e. The molecule has 0 fully saturated rings. The predicted molar refractivity (Wildman–Crippen MR) is 119 cm³/mol.